The lowest BCUT2D eigenvalue weighted by molar-refractivity contribution is -0.156. The molecule has 79 heavy (non-hydrogen) atoms. The maximum absolute atomic E-state index is 12.9. The second-order valence-corrected chi connectivity index (χ2v) is 19.6. The van der Waals surface area contributed by atoms with Crippen LogP contribution < -0.4 is 5.32 Å². The smallest absolute Gasteiger partial charge is 0.416 e. The summed E-state index contributed by atoms with van der Waals surface area (Å²) in [5.41, 5.74) is 3.66. The van der Waals surface area contributed by atoms with Crippen LogP contribution >= 0.6 is 0 Å². The minimum Gasteiger partial charge on any atom is -0.474 e. The molecule has 5 rings (SSSR count). The number of carbonyl (C=O) groups excluding carboxylic acids is 3. The highest BCUT2D eigenvalue weighted by molar-refractivity contribution is 6.31. The molecule has 0 aromatic heterocycles. The van der Waals surface area contributed by atoms with Gasteiger partial charge in [0.05, 0.1) is 11.1 Å². The van der Waals surface area contributed by atoms with Crippen LogP contribution in [0.5, 0.6) is 0 Å². The molecule has 3 amide bonds. The number of hydrogen-bond acceptors (Lipinski definition) is 5. The van der Waals surface area contributed by atoms with E-state index >= 15 is 0 Å². The first-order valence-corrected chi connectivity index (χ1v) is 27.2. The zero-order valence-electron chi connectivity index (χ0n) is 45.2. The van der Waals surface area contributed by atoms with Gasteiger partial charge in [-0.2, -0.15) is 26.3 Å². The first-order chi connectivity index (χ1) is 37.8. The molecule has 0 unspecified atom stereocenters. The second-order valence-electron chi connectivity index (χ2n) is 19.6. The summed E-state index contributed by atoms with van der Waals surface area (Å²) in [6.45, 7) is 4.76. The van der Waals surface area contributed by atoms with Crippen molar-refractivity contribution in [3.63, 3.8) is 0 Å². The number of carboxylic acid groups (broad SMARTS) is 2. The van der Waals surface area contributed by atoms with E-state index in [1.165, 1.54) is 108 Å². The number of unbranched alkanes of at least 4 members (excludes halogenated alkanes) is 15. The van der Waals surface area contributed by atoms with Gasteiger partial charge in [0.25, 0.3) is 5.91 Å². The van der Waals surface area contributed by atoms with Crippen LogP contribution in [-0.4, -0.2) is 56.2 Å². The molecule has 0 bridgehead atoms. The lowest BCUT2D eigenvalue weighted by Crippen LogP contribution is -2.35. The minimum absolute atomic E-state index is 0.0124. The molecule has 0 radical (unpaired) electrons. The highest BCUT2D eigenvalue weighted by Crippen LogP contribution is 2.31. The van der Waals surface area contributed by atoms with E-state index in [1.807, 2.05) is 36.4 Å². The number of carboxylic acids is 2. The first kappa shape index (κ1) is 64.1. The van der Waals surface area contributed by atoms with Crippen LogP contribution in [0.4, 0.5) is 26.3 Å². The van der Waals surface area contributed by atoms with Crippen molar-refractivity contribution < 1.29 is 60.5 Å². The van der Waals surface area contributed by atoms with E-state index in [1.54, 1.807) is 36.4 Å². The van der Waals surface area contributed by atoms with Crippen molar-refractivity contribution in [3.8, 4) is 23.0 Å². The topological polar surface area (TPSA) is 144 Å². The quantitative estimate of drug-likeness (QED) is 0.0206. The fraction of sp³-hybridized carbons (Fsp3) is 0.413. The Bertz CT molecular complexity index is 2720. The Kier molecular flexibility index (Phi) is 27.4. The Labute approximate surface area is 460 Å². The highest BCUT2D eigenvalue weighted by atomic mass is 19.4. The molecule has 424 valence electrons. The van der Waals surface area contributed by atoms with Gasteiger partial charge in [0.1, 0.15) is 0 Å². The third-order valence-corrected chi connectivity index (χ3v) is 13.1. The predicted octanol–water partition coefficient (Wildman–Crippen LogP) is 15.1. The molecular formula is C63H73F6N3O7. The summed E-state index contributed by atoms with van der Waals surface area (Å²) < 4.78 is 76.9. The molecule has 0 aliphatic heterocycles. The van der Waals surface area contributed by atoms with Gasteiger partial charge < -0.3 is 25.3 Å². The summed E-state index contributed by atoms with van der Waals surface area (Å²) in [7, 11) is 0. The summed E-state index contributed by atoms with van der Waals surface area (Å²) in [6, 6.07) is 30.2. The minimum atomic E-state index is -4.49. The van der Waals surface area contributed by atoms with E-state index in [0.29, 0.717) is 34.4 Å². The van der Waals surface area contributed by atoms with Crippen molar-refractivity contribution in [1.82, 2.24) is 15.1 Å². The van der Waals surface area contributed by atoms with Crippen LogP contribution in [0.3, 0.4) is 0 Å². The summed E-state index contributed by atoms with van der Waals surface area (Å²) in [6.07, 6.45) is 11.6. The highest BCUT2D eigenvalue weighted by Gasteiger charge is 2.31. The number of carbonyl (C=O) groups is 5. The zero-order chi connectivity index (χ0) is 57.6. The van der Waals surface area contributed by atoms with Crippen molar-refractivity contribution in [2.45, 2.75) is 162 Å². The Hall–Kier alpha value is -7.41. The average Bonchev–Trinajstić information content (AvgIpc) is 3.43. The van der Waals surface area contributed by atoms with Crippen LogP contribution in [0.2, 0.25) is 0 Å². The van der Waals surface area contributed by atoms with Crippen LogP contribution in [-0.2, 0) is 57.7 Å². The third kappa shape index (κ3) is 24.0. The van der Waals surface area contributed by atoms with E-state index in [2.05, 4.69) is 31.0 Å². The zero-order valence-corrected chi connectivity index (χ0v) is 45.2. The molecule has 0 heterocycles. The molecular weight excluding hydrogens is 1020 g/mol. The van der Waals surface area contributed by atoms with Gasteiger partial charge in [0.2, 0.25) is 0 Å². The standard InChI is InChI=1S/C32H35F3N2O4.C31H38F3NO3/c1-2-3-4-5-6-7-20-36-29(38)27-16-14-26(15-17-27)25-12-8-23(9-13-25)21-37(30(39)31(40)41)22-24-10-18-28(19-11-24)32(33,34)35;1-2-3-4-5-6-7-8-9-10-11-12-13-14-25-15-17-26(18-16-25)23-35(29(36)30(37)38)24-27-19-21-28(22-20-27)31(32,33)34/h8-19H,2-7,20-22H2,1H3,(H,36,38)(H,40,41);15-22H,2-12,23-24H2,1H3,(H,37,38). The van der Waals surface area contributed by atoms with Crippen LogP contribution in [0.25, 0.3) is 11.1 Å². The number of halogens is 6. The fourth-order valence-corrected chi connectivity index (χ4v) is 8.53. The van der Waals surface area contributed by atoms with Gasteiger partial charge in [-0.3, -0.25) is 14.4 Å². The van der Waals surface area contributed by atoms with E-state index in [0.717, 1.165) is 76.4 Å². The monoisotopic (exact) mass is 1100 g/mol. The molecule has 0 atom stereocenters. The maximum atomic E-state index is 12.9. The molecule has 0 fully saturated rings. The van der Waals surface area contributed by atoms with E-state index in [4.69, 9.17) is 0 Å². The maximum Gasteiger partial charge on any atom is 0.416 e. The molecule has 0 saturated heterocycles. The van der Waals surface area contributed by atoms with Gasteiger partial charge in [-0.05, 0) is 94.8 Å². The van der Waals surface area contributed by atoms with E-state index in [-0.39, 0.29) is 32.1 Å². The predicted molar refractivity (Wildman–Crippen MR) is 294 cm³/mol. The van der Waals surface area contributed by atoms with Gasteiger partial charge in [0.15, 0.2) is 0 Å². The molecule has 0 spiro atoms. The third-order valence-electron chi connectivity index (χ3n) is 13.1. The molecule has 0 saturated carbocycles. The average molecular weight is 1100 g/mol. The number of nitrogens with zero attached hydrogens (tertiary/aromatic N) is 2. The van der Waals surface area contributed by atoms with Crippen LogP contribution in [0.15, 0.2) is 121 Å². The largest absolute Gasteiger partial charge is 0.474 e. The van der Waals surface area contributed by atoms with Crippen molar-refractivity contribution in [2.75, 3.05) is 6.54 Å². The van der Waals surface area contributed by atoms with Crippen molar-refractivity contribution in [2.24, 2.45) is 0 Å². The normalized spacial score (nSPS) is 11.1. The van der Waals surface area contributed by atoms with Gasteiger partial charge in [0, 0.05) is 50.3 Å². The molecule has 0 aliphatic rings. The first-order valence-electron chi connectivity index (χ1n) is 27.2. The number of benzene rings is 5. The molecule has 16 heteroatoms. The number of rotatable bonds is 27. The summed E-state index contributed by atoms with van der Waals surface area (Å²) >= 11 is 0. The van der Waals surface area contributed by atoms with E-state index < -0.39 is 47.2 Å². The molecule has 10 nitrogen and oxygen atoms in total. The lowest BCUT2D eigenvalue weighted by atomic mass is 10.0. The Balaban J connectivity index is 0.000000342. The summed E-state index contributed by atoms with van der Waals surface area (Å²) in [5, 5.41) is 21.4. The van der Waals surface area contributed by atoms with Crippen LogP contribution in [0, 0.1) is 11.8 Å². The van der Waals surface area contributed by atoms with Crippen molar-refractivity contribution >= 4 is 29.7 Å². The Morgan fingerprint density at radius 2 is 0.772 bits per heavy atom. The fourth-order valence-electron chi connectivity index (χ4n) is 8.53. The molecule has 0 aliphatic carbocycles. The van der Waals surface area contributed by atoms with Crippen molar-refractivity contribution in [3.05, 3.63) is 166 Å². The van der Waals surface area contributed by atoms with E-state index in [9.17, 15) is 60.5 Å². The summed E-state index contributed by atoms with van der Waals surface area (Å²) in [4.78, 5) is 61.8. The van der Waals surface area contributed by atoms with Gasteiger partial charge >= 0.3 is 36.1 Å². The Morgan fingerprint density at radius 3 is 1.14 bits per heavy atom. The van der Waals surface area contributed by atoms with Crippen molar-refractivity contribution in [1.29, 1.82) is 0 Å². The number of alkyl halides is 6. The lowest BCUT2D eigenvalue weighted by Gasteiger charge is -2.21. The Morgan fingerprint density at radius 1 is 0.443 bits per heavy atom. The number of nitrogens with one attached hydrogen (secondary N) is 1. The second kappa shape index (κ2) is 33.8. The van der Waals surface area contributed by atoms with Crippen LogP contribution in [0.1, 0.15) is 172 Å². The number of aliphatic carboxylic acids is 2. The molecule has 3 N–H and O–H groups in total. The molecule has 5 aromatic rings. The summed E-state index contributed by atoms with van der Waals surface area (Å²) in [5.74, 6) is 0.678. The van der Waals surface area contributed by atoms with Gasteiger partial charge in [-0.15, -0.1) is 0 Å². The van der Waals surface area contributed by atoms with Gasteiger partial charge in [-0.1, -0.05) is 188 Å². The SMILES string of the molecule is CCCCCCCCCCCCC#Cc1ccc(CN(Cc2ccc(C(F)(F)F)cc2)C(=O)C(=O)O)cc1.CCCCCCCCNC(=O)c1ccc(-c2ccc(CN(Cc3ccc(C(F)(F)F)cc3)C(=O)C(=O)O)cc2)cc1. The van der Waals surface area contributed by atoms with Gasteiger partial charge in [-0.25, -0.2) is 9.59 Å². The number of amides is 3. The molecule has 5 aromatic carbocycles. The number of hydrogen-bond donors (Lipinski definition) is 3.